The molecule has 0 bridgehead atoms. The lowest BCUT2D eigenvalue weighted by molar-refractivity contribution is 0.0814. The van der Waals surface area contributed by atoms with E-state index in [1.807, 2.05) is 12.1 Å². The van der Waals surface area contributed by atoms with E-state index < -0.39 is 6.10 Å². The first-order chi connectivity index (χ1) is 9.61. The number of carbonyl (C=O) groups is 1. The summed E-state index contributed by atoms with van der Waals surface area (Å²) in [5, 5.41) is 0.597. The summed E-state index contributed by atoms with van der Waals surface area (Å²) in [7, 11) is 1.56. The number of methoxy groups -OCH3 is 1. The largest absolute Gasteiger partial charge is 0.493 e. The van der Waals surface area contributed by atoms with Gasteiger partial charge in [0.1, 0.15) is 0 Å². The van der Waals surface area contributed by atoms with Crippen molar-refractivity contribution in [2.45, 2.75) is 13.0 Å². The van der Waals surface area contributed by atoms with Crippen LogP contribution in [-0.4, -0.2) is 19.0 Å². The normalized spacial score (nSPS) is 11.8. The van der Waals surface area contributed by atoms with E-state index >= 15 is 0 Å². The number of para-hydroxylation sites is 2. The lowest BCUT2D eigenvalue weighted by atomic mass is 10.1. The van der Waals surface area contributed by atoms with E-state index in [9.17, 15) is 4.79 Å². The minimum Gasteiger partial charge on any atom is -0.493 e. The average molecular weight is 291 g/mol. The van der Waals surface area contributed by atoms with Crippen molar-refractivity contribution in [2.75, 3.05) is 7.11 Å². The SMILES string of the molecule is COc1ccccc1OC(C)C(=O)c1ccc(Cl)cc1. The Hall–Kier alpha value is -2.00. The summed E-state index contributed by atoms with van der Waals surface area (Å²) in [5.41, 5.74) is 0.566. The summed E-state index contributed by atoms with van der Waals surface area (Å²) in [6.45, 7) is 1.71. The van der Waals surface area contributed by atoms with Gasteiger partial charge in [0.15, 0.2) is 17.6 Å². The van der Waals surface area contributed by atoms with Gasteiger partial charge in [0.05, 0.1) is 7.11 Å². The highest BCUT2D eigenvalue weighted by Gasteiger charge is 2.18. The molecule has 4 heteroatoms. The summed E-state index contributed by atoms with van der Waals surface area (Å²) >= 11 is 5.81. The van der Waals surface area contributed by atoms with E-state index in [0.29, 0.717) is 22.1 Å². The van der Waals surface area contributed by atoms with Crippen molar-refractivity contribution in [3.63, 3.8) is 0 Å². The third kappa shape index (κ3) is 3.31. The van der Waals surface area contributed by atoms with Gasteiger partial charge in [-0.25, -0.2) is 0 Å². The smallest absolute Gasteiger partial charge is 0.202 e. The minimum absolute atomic E-state index is 0.104. The number of ketones is 1. The number of hydrogen-bond donors (Lipinski definition) is 0. The van der Waals surface area contributed by atoms with Crippen LogP contribution in [0.3, 0.4) is 0 Å². The molecule has 2 aromatic carbocycles. The molecule has 0 saturated carbocycles. The van der Waals surface area contributed by atoms with Gasteiger partial charge >= 0.3 is 0 Å². The molecule has 0 aliphatic rings. The number of hydrogen-bond acceptors (Lipinski definition) is 3. The van der Waals surface area contributed by atoms with Crippen LogP contribution in [0.25, 0.3) is 0 Å². The fourth-order valence-electron chi connectivity index (χ4n) is 1.81. The van der Waals surface area contributed by atoms with Gasteiger partial charge in [-0.1, -0.05) is 23.7 Å². The highest BCUT2D eigenvalue weighted by molar-refractivity contribution is 6.30. The van der Waals surface area contributed by atoms with Crippen LogP contribution in [0.5, 0.6) is 11.5 Å². The van der Waals surface area contributed by atoms with Crippen LogP contribution < -0.4 is 9.47 Å². The maximum Gasteiger partial charge on any atom is 0.202 e. The Kier molecular flexibility index (Phi) is 4.64. The molecule has 1 atom stereocenters. The fraction of sp³-hybridized carbons (Fsp3) is 0.188. The van der Waals surface area contributed by atoms with Gasteiger partial charge in [-0.3, -0.25) is 4.79 Å². The van der Waals surface area contributed by atoms with E-state index in [0.717, 1.165) is 0 Å². The first-order valence-electron chi connectivity index (χ1n) is 6.21. The van der Waals surface area contributed by atoms with Crippen molar-refractivity contribution in [3.05, 3.63) is 59.1 Å². The molecule has 0 fully saturated rings. The topological polar surface area (TPSA) is 35.5 Å². The first kappa shape index (κ1) is 14.4. The van der Waals surface area contributed by atoms with Crippen LogP contribution in [-0.2, 0) is 0 Å². The van der Waals surface area contributed by atoms with Crippen LogP contribution in [0.4, 0.5) is 0 Å². The highest BCUT2D eigenvalue weighted by atomic mass is 35.5. The number of ether oxygens (including phenoxy) is 2. The van der Waals surface area contributed by atoms with Gasteiger partial charge in [-0.05, 0) is 43.3 Å². The number of halogens is 1. The second-order valence-electron chi connectivity index (χ2n) is 4.28. The highest BCUT2D eigenvalue weighted by Crippen LogP contribution is 2.27. The molecule has 1 unspecified atom stereocenters. The Labute approximate surface area is 123 Å². The summed E-state index contributed by atoms with van der Waals surface area (Å²) in [6.07, 6.45) is -0.604. The molecule has 0 aliphatic heterocycles. The Bertz CT molecular complexity index is 593. The van der Waals surface area contributed by atoms with Gasteiger partial charge in [0.25, 0.3) is 0 Å². The molecule has 0 amide bonds. The van der Waals surface area contributed by atoms with Crippen LogP contribution in [0, 0.1) is 0 Å². The van der Waals surface area contributed by atoms with E-state index in [1.54, 1.807) is 50.4 Å². The zero-order valence-corrected chi connectivity index (χ0v) is 12.1. The molecule has 0 N–H and O–H groups in total. The second-order valence-corrected chi connectivity index (χ2v) is 4.72. The van der Waals surface area contributed by atoms with Crippen LogP contribution in [0.2, 0.25) is 5.02 Å². The van der Waals surface area contributed by atoms with Crippen LogP contribution >= 0.6 is 11.6 Å². The maximum absolute atomic E-state index is 12.3. The summed E-state index contributed by atoms with van der Waals surface area (Å²) in [4.78, 5) is 12.3. The van der Waals surface area contributed by atoms with Gasteiger partial charge in [0, 0.05) is 10.6 Å². The fourth-order valence-corrected chi connectivity index (χ4v) is 1.93. The Morgan fingerprint density at radius 3 is 2.25 bits per heavy atom. The molecule has 20 heavy (non-hydrogen) atoms. The average Bonchev–Trinajstić information content (AvgIpc) is 2.48. The van der Waals surface area contributed by atoms with Gasteiger partial charge in [0.2, 0.25) is 5.78 Å². The molecule has 2 rings (SSSR count). The third-order valence-electron chi connectivity index (χ3n) is 2.87. The number of carbonyl (C=O) groups excluding carboxylic acids is 1. The van der Waals surface area contributed by atoms with Crippen molar-refractivity contribution >= 4 is 17.4 Å². The predicted molar refractivity (Wildman–Crippen MR) is 78.9 cm³/mol. The van der Waals surface area contributed by atoms with Crippen molar-refractivity contribution in [2.24, 2.45) is 0 Å². The maximum atomic E-state index is 12.3. The Balaban J connectivity index is 2.13. The second kappa shape index (κ2) is 6.44. The number of Topliss-reactive ketones (excluding diaryl/α,β-unsaturated/α-hetero) is 1. The van der Waals surface area contributed by atoms with Crippen molar-refractivity contribution in [1.82, 2.24) is 0 Å². The van der Waals surface area contributed by atoms with Crippen molar-refractivity contribution in [1.29, 1.82) is 0 Å². The van der Waals surface area contributed by atoms with E-state index in [4.69, 9.17) is 21.1 Å². The van der Waals surface area contributed by atoms with Crippen molar-refractivity contribution in [3.8, 4) is 11.5 Å². The first-order valence-corrected chi connectivity index (χ1v) is 6.59. The molecule has 0 heterocycles. The van der Waals surface area contributed by atoms with E-state index in [2.05, 4.69) is 0 Å². The molecular weight excluding hydrogens is 276 g/mol. The van der Waals surface area contributed by atoms with Crippen LogP contribution in [0.15, 0.2) is 48.5 Å². The van der Waals surface area contributed by atoms with E-state index in [1.165, 1.54) is 0 Å². The lowest BCUT2D eigenvalue weighted by Gasteiger charge is -2.16. The quantitative estimate of drug-likeness (QED) is 0.781. The zero-order chi connectivity index (χ0) is 14.5. The molecule has 0 aliphatic carbocycles. The van der Waals surface area contributed by atoms with Gasteiger partial charge in [-0.15, -0.1) is 0 Å². The van der Waals surface area contributed by atoms with Crippen LogP contribution in [0.1, 0.15) is 17.3 Å². The molecule has 0 aromatic heterocycles. The van der Waals surface area contributed by atoms with Gasteiger partial charge in [-0.2, -0.15) is 0 Å². The Morgan fingerprint density at radius 2 is 1.65 bits per heavy atom. The zero-order valence-electron chi connectivity index (χ0n) is 11.3. The lowest BCUT2D eigenvalue weighted by Crippen LogP contribution is -2.24. The molecule has 0 radical (unpaired) electrons. The Morgan fingerprint density at radius 1 is 1.05 bits per heavy atom. The molecule has 3 nitrogen and oxygen atoms in total. The molecule has 0 saturated heterocycles. The molecule has 2 aromatic rings. The molecule has 104 valence electrons. The molecular formula is C16H15ClO3. The third-order valence-corrected chi connectivity index (χ3v) is 3.12. The van der Waals surface area contributed by atoms with Crippen molar-refractivity contribution < 1.29 is 14.3 Å². The summed E-state index contributed by atoms with van der Waals surface area (Å²) in [5.74, 6) is 1.04. The predicted octanol–water partition coefficient (Wildman–Crippen LogP) is 4.00. The summed E-state index contributed by atoms with van der Waals surface area (Å²) in [6, 6.07) is 14.0. The van der Waals surface area contributed by atoms with E-state index in [-0.39, 0.29) is 5.78 Å². The number of rotatable bonds is 5. The number of benzene rings is 2. The van der Waals surface area contributed by atoms with Gasteiger partial charge < -0.3 is 9.47 Å². The monoisotopic (exact) mass is 290 g/mol. The molecule has 0 spiro atoms. The minimum atomic E-state index is -0.604. The standard InChI is InChI=1S/C16H15ClO3/c1-11(16(18)12-7-9-13(17)10-8-12)20-15-6-4-3-5-14(15)19-2/h3-11H,1-2H3. The summed E-state index contributed by atoms with van der Waals surface area (Å²) < 4.78 is 10.9.